The molecule has 3 rings (SSSR count). The molecule has 7 heteroatoms. The second-order valence-electron chi connectivity index (χ2n) is 5.13. The Morgan fingerprint density at radius 2 is 1.50 bits per heavy atom. The quantitative estimate of drug-likeness (QED) is 0.787. The average molecular weight is 311 g/mol. The minimum Gasteiger partial charge on any atom is -0.404 e. The second-order valence-corrected chi connectivity index (χ2v) is 5.13. The van der Waals surface area contributed by atoms with E-state index in [4.69, 9.17) is 0 Å². The third-order valence-corrected chi connectivity index (χ3v) is 3.72. The van der Waals surface area contributed by atoms with E-state index in [1.54, 1.807) is 0 Å². The number of hydrogen-bond donors (Lipinski definition) is 0. The summed E-state index contributed by atoms with van der Waals surface area (Å²) in [5.41, 5.74) is 0.653. The first-order chi connectivity index (χ1) is 10.4. The number of para-hydroxylation sites is 2. The van der Waals surface area contributed by atoms with Gasteiger partial charge in [-0.25, -0.2) is 4.90 Å². The van der Waals surface area contributed by atoms with Crippen LogP contribution in [0.3, 0.4) is 0 Å². The number of carbonyl (C=O) groups is 2. The number of nitrogens with zero attached hydrogens (tertiary/aromatic N) is 1. The molecule has 4 nitrogen and oxygen atoms in total. The molecule has 0 aromatic heterocycles. The molecule has 22 heavy (non-hydrogen) atoms. The molecule has 0 saturated heterocycles. The predicted molar refractivity (Wildman–Crippen MR) is 71.1 cm³/mol. The normalized spacial score (nSPS) is 18.8. The standard InChI is InChI=1S/C15H12F3NO3/c16-15(17,18)22-12-8-4-3-7-11(12)19-13(20)9-5-1-2-6-10(9)14(19)21/h3-4,7-8H,1-2,5-6H2. The Balaban J connectivity index is 1.99. The van der Waals surface area contributed by atoms with Gasteiger partial charge in [-0.3, -0.25) is 9.59 Å². The molecule has 0 bridgehead atoms. The van der Waals surface area contributed by atoms with Gasteiger partial charge >= 0.3 is 6.36 Å². The number of anilines is 1. The first-order valence-electron chi connectivity index (χ1n) is 6.84. The number of rotatable bonds is 2. The minimum atomic E-state index is -4.89. The number of ether oxygens (including phenoxy) is 1. The molecule has 116 valence electrons. The van der Waals surface area contributed by atoms with Gasteiger partial charge in [0.25, 0.3) is 11.8 Å². The molecule has 1 aliphatic heterocycles. The van der Waals surface area contributed by atoms with E-state index in [0.29, 0.717) is 24.0 Å². The molecule has 0 N–H and O–H groups in total. The highest BCUT2D eigenvalue weighted by atomic mass is 19.4. The van der Waals surface area contributed by atoms with Gasteiger partial charge in [0.1, 0.15) is 0 Å². The fourth-order valence-electron chi connectivity index (χ4n) is 2.81. The summed E-state index contributed by atoms with van der Waals surface area (Å²) in [4.78, 5) is 25.5. The molecular formula is C15H12F3NO3. The van der Waals surface area contributed by atoms with Crippen molar-refractivity contribution in [2.24, 2.45) is 0 Å². The molecule has 1 aromatic rings. The Morgan fingerprint density at radius 1 is 0.955 bits per heavy atom. The van der Waals surface area contributed by atoms with E-state index >= 15 is 0 Å². The van der Waals surface area contributed by atoms with Gasteiger partial charge in [0.05, 0.1) is 5.69 Å². The van der Waals surface area contributed by atoms with Crippen LogP contribution >= 0.6 is 0 Å². The summed E-state index contributed by atoms with van der Waals surface area (Å²) in [6, 6.07) is 5.16. The second kappa shape index (κ2) is 5.15. The van der Waals surface area contributed by atoms with Crippen LogP contribution in [0.2, 0.25) is 0 Å². The number of carbonyl (C=O) groups excluding carboxylic acids is 2. The van der Waals surface area contributed by atoms with Crippen LogP contribution in [0.4, 0.5) is 18.9 Å². The van der Waals surface area contributed by atoms with Gasteiger partial charge in [0, 0.05) is 11.1 Å². The van der Waals surface area contributed by atoms with Gasteiger partial charge < -0.3 is 4.74 Å². The first kappa shape index (κ1) is 14.6. The summed E-state index contributed by atoms with van der Waals surface area (Å²) < 4.78 is 41.4. The van der Waals surface area contributed by atoms with Gasteiger partial charge in [0.15, 0.2) is 5.75 Å². The maximum absolute atomic E-state index is 12.5. The van der Waals surface area contributed by atoms with Crippen molar-refractivity contribution in [1.29, 1.82) is 0 Å². The lowest BCUT2D eigenvalue weighted by Gasteiger charge is -2.19. The Kier molecular flexibility index (Phi) is 3.42. The summed E-state index contributed by atoms with van der Waals surface area (Å²) in [5, 5.41) is 0. The third-order valence-electron chi connectivity index (χ3n) is 3.72. The van der Waals surface area contributed by atoms with Gasteiger partial charge in [0.2, 0.25) is 0 Å². The Bertz CT molecular complexity index is 651. The summed E-state index contributed by atoms with van der Waals surface area (Å²) in [5.74, 6) is -1.65. The van der Waals surface area contributed by atoms with Crippen LogP contribution in [0, 0.1) is 0 Å². The van der Waals surface area contributed by atoms with Crippen molar-refractivity contribution in [3.8, 4) is 5.75 Å². The van der Waals surface area contributed by atoms with Crippen LogP contribution in [0.25, 0.3) is 0 Å². The van der Waals surface area contributed by atoms with Crippen molar-refractivity contribution in [2.45, 2.75) is 32.0 Å². The molecule has 0 fully saturated rings. The molecule has 1 heterocycles. The van der Waals surface area contributed by atoms with E-state index in [2.05, 4.69) is 4.74 Å². The number of alkyl halides is 3. The number of imide groups is 1. The van der Waals surface area contributed by atoms with Gasteiger partial charge in [-0.2, -0.15) is 0 Å². The fourth-order valence-corrected chi connectivity index (χ4v) is 2.81. The lowest BCUT2D eigenvalue weighted by atomic mass is 9.93. The molecule has 0 spiro atoms. The van der Waals surface area contributed by atoms with Gasteiger partial charge in [-0.05, 0) is 37.8 Å². The van der Waals surface area contributed by atoms with Crippen LogP contribution in [0.1, 0.15) is 25.7 Å². The summed E-state index contributed by atoms with van der Waals surface area (Å²) in [7, 11) is 0. The van der Waals surface area contributed by atoms with Crippen molar-refractivity contribution in [3.63, 3.8) is 0 Å². The molecule has 2 aliphatic rings. The highest BCUT2D eigenvalue weighted by Gasteiger charge is 2.42. The summed E-state index contributed by atoms with van der Waals surface area (Å²) in [6.07, 6.45) is -2.33. The van der Waals surface area contributed by atoms with E-state index in [1.165, 1.54) is 18.2 Å². The van der Waals surface area contributed by atoms with Crippen LogP contribution in [0.5, 0.6) is 5.75 Å². The first-order valence-corrected chi connectivity index (χ1v) is 6.84. The average Bonchev–Trinajstić information content (AvgIpc) is 2.71. The van der Waals surface area contributed by atoms with Crippen molar-refractivity contribution < 1.29 is 27.5 Å². The van der Waals surface area contributed by atoms with E-state index in [9.17, 15) is 22.8 Å². The summed E-state index contributed by atoms with van der Waals surface area (Å²) in [6.45, 7) is 0. The van der Waals surface area contributed by atoms with Crippen LogP contribution in [0.15, 0.2) is 35.4 Å². The number of hydrogen-bond acceptors (Lipinski definition) is 3. The molecule has 0 unspecified atom stereocenters. The lowest BCUT2D eigenvalue weighted by molar-refractivity contribution is -0.274. The molecule has 1 aliphatic carbocycles. The maximum atomic E-state index is 12.5. The van der Waals surface area contributed by atoms with Crippen LogP contribution in [-0.2, 0) is 9.59 Å². The highest BCUT2D eigenvalue weighted by molar-refractivity contribution is 6.33. The molecule has 0 saturated carbocycles. The molecule has 1 aromatic carbocycles. The lowest BCUT2D eigenvalue weighted by Crippen LogP contribution is -2.32. The van der Waals surface area contributed by atoms with Gasteiger partial charge in [-0.1, -0.05) is 12.1 Å². The number of benzene rings is 1. The largest absolute Gasteiger partial charge is 0.573 e. The third kappa shape index (κ3) is 2.47. The van der Waals surface area contributed by atoms with Crippen LogP contribution < -0.4 is 9.64 Å². The monoisotopic (exact) mass is 311 g/mol. The van der Waals surface area contributed by atoms with E-state index < -0.39 is 23.9 Å². The Morgan fingerprint density at radius 3 is 2.05 bits per heavy atom. The van der Waals surface area contributed by atoms with Crippen LogP contribution in [-0.4, -0.2) is 18.2 Å². The number of halogens is 3. The zero-order valence-corrected chi connectivity index (χ0v) is 11.4. The van der Waals surface area contributed by atoms with Crippen molar-refractivity contribution in [3.05, 3.63) is 35.4 Å². The van der Waals surface area contributed by atoms with E-state index in [1.807, 2.05) is 0 Å². The van der Waals surface area contributed by atoms with Crippen molar-refractivity contribution in [1.82, 2.24) is 0 Å². The highest BCUT2D eigenvalue weighted by Crippen LogP contribution is 2.40. The van der Waals surface area contributed by atoms with Gasteiger partial charge in [-0.15, -0.1) is 13.2 Å². The Hall–Kier alpha value is -2.31. The van der Waals surface area contributed by atoms with E-state index in [0.717, 1.165) is 23.8 Å². The maximum Gasteiger partial charge on any atom is 0.573 e. The minimum absolute atomic E-state index is 0.177. The molecular weight excluding hydrogens is 299 g/mol. The van der Waals surface area contributed by atoms with Crippen molar-refractivity contribution >= 4 is 17.5 Å². The fraction of sp³-hybridized carbons (Fsp3) is 0.333. The SMILES string of the molecule is O=C1C2=C(CCCC2)C(=O)N1c1ccccc1OC(F)(F)F. The smallest absolute Gasteiger partial charge is 0.404 e. The predicted octanol–water partition coefficient (Wildman–Crippen LogP) is 3.33. The summed E-state index contributed by atoms with van der Waals surface area (Å²) >= 11 is 0. The molecule has 0 radical (unpaired) electrons. The topological polar surface area (TPSA) is 46.6 Å². The van der Waals surface area contributed by atoms with Crippen molar-refractivity contribution in [2.75, 3.05) is 4.90 Å². The molecule has 2 amide bonds. The van der Waals surface area contributed by atoms with E-state index in [-0.39, 0.29) is 5.69 Å². The number of amides is 2. The zero-order chi connectivity index (χ0) is 15.9. The Labute approximate surface area is 124 Å². The zero-order valence-electron chi connectivity index (χ0n) is 11.4. The molecule has 0 atom stereocenters.